The number of carbonyl (C=O) groups excluding carboxylic acids is 1. The molecule has 0 aliphatic carbocycles. The number of nitrogens with one attached hydrogen (secondary N) is 2. The Bertz CT molecular complexity index is 1390. The van der Waals surface area contributed by atoms with Crippen LogP contribution in [0.1, 0.15) is 10.4 Å². The van der Waals surface area contributed by atoms with Crippen molar-refractivity contribution in [2.75, 3.05) is 12.4 Å². The number of hydrogen-bond acceptors (Lipinski definition) is 4. The van der Waals surface area contributed by atoms with Gasteiger partial charge in [-0.05, 0) is 49.5 Å². The standard InChI is InChI=1S/C23H18ClN3O3S/c1-25-31(29,30)16-12-10-15(11-13-16)26-23(28)19-14-22(18-7-2-4-8-20(18)24)27-21-9-5-3-6-17(19)21/h2-14,25H,1H3,(H,26,28). The number of rotatable bonds is 5. The molecule has 3 aromatic carbocycles. The number of amides is 1. The summed E-state index contributed by atoms with van der Waals surface area (Å²) in [5, 5.41) is 4.06. The summed E-state index contributed by atoms with van der Waals surface area (Å²) in [5.41, 5.74) is 2.89. The number of carbonyl (C=O) groups is 1. The number of benzene rings is 3. The molecule has 0 bridgehead atoms. The van der Waals surface area contributed by atoms with Gasteiger partial charge < -0.3 is 5.32 Å². The Morgan fingerprint density at radius 1 is 0.935 bits per heavy atom. The minimum Gasteiger partial charge on any atom is -0.322 e. The summed E-state index contributed by atoms with van der Waals surface area (Å²) in [6.45, 7) is 0. The minimum absolute atomic E-state index is 0.114. The van der Waals surface area contributed by atoms with Crippen LogP contribution >= 0.6 is 11.6 Å². The monoisotopic (exact) mass is 451 g/mol. The molecule has 0 unspecified atom stereocenters. The predicted molar refractivity (Wildman–Crippen MR) is 123 cm³/mol. The van der Waals surface area contributed by atoms with Gasteiger partial charge in [0.15, 0.2) is 0 Å². The molecule has 156 valence electrons. The lowest BCUT2D eigenvalue weighted by molar-refractivity contribution is 0.102. The molecular weight excluding hydrogens is 434 g/mol. The van der Waals surface area contributed by atoms with Crippen molar-refractivity contribution in [1.82, 2.24) is 9.71 Å². The number of para-hydroxylation sites is 1. The Hall–Kier alpha value is -3.26. The Balaban J connectivity index is 1.73. The lowest BCUT2D eigenvalue weighted by Crippen LogP contribution is -2.18. The second kappa shape index (κ2) is 8.47. The van der Waals surface area contributed by atoms with E-state index in [2.05, 4.69) is 15.0 Å². The van der Waals surface area contributed by atoms with E-state index in [1.165, 1.54) is 19.2 Å². The highest BCUT2D eigenvalue weighted by Gasteiger charge is 2.16. The van der Waals surface area contributed by atoms with Crippen LogP contribution in [0.25, 0.3) is 22.2 Å². The van der Waals surface area contributed by atoms with Gasteiger partial charge in [-0.1, -0.05) is 48.0 Å². The third kappa shape index (κ3) is 4.29. The summed E-state index contributed by atoms with van der Waals surface area (Å²) in [4.78, 5) is 17.9. The van der Waals surface area contributed by atoms with Crippen LogP contribution in [0.2, 0.25) is 5.02 Å². The molecule has 8 heteroatoms. The molecule has 0 saturated carbocycles. The van der Waals surface area contributed by atoms with Crippen LogP contribution in [0, 0.1) is 0 Å². The third-order valence-corrected chi connectivity index (χ3v) is 6.56. The van der Waals surface area contributed by atoms with Crippen molar-refractivity contribution >= 4 is 44.1 Å². The first-order valence-corrected chi connectivity index (χ1v) is 11.2. The molecule has 1 amide bonds. The van der Waals surface area contributed by atoms with Gasteiger partial charge in [0.25, 0.3) is 5.91 Å². The molecule has 31 heavy (non-hydrogen) atoms. The number of halogens is 1. The van der Waals surface area contributed by atoms with Crippen LogP contribution in [0.15, 0.2) is 83.8 Å². The first-order valence-electron chi connectivity index (χ1n) is 9.39. The van der Waals surface area contributed by atoms with Crippen LogP contribution in [-0.2, 0) is 10.0 Å². The quantitative estimate of drug-likeness (QED) is 0.459. The topological polar surface area (TPSA) is 88.2 Å². The molecule has 2 N–H and O–H groups in total. The summed E-state index contributed by atoms with van der Waals surface area (Å²) in [6, 6.07) is 22.3. The molecule has 0 spiro atoms. The second-order valence-corrected chi connectivity index (χ2v) is 9.03. The summed E-state index contributed by atoms with van der Waals surface area (Å²) >= 11 is 6.34. The molecule has 1 heterocycles. The number of anilines is 1. The first-order chi connectivity index (χ1) is 14.9. The van der Waals surface area contributed by atoms with Crippen LogP contribution < -0.4 is 10.0 Å². The Labute approximate surface area is 185 Å². The summed E-state index contributed by atoms with van der Waals surface area (Å²) < 4.78 is 26.0. The van der Waals surface area contributed by atoms with Crippen molar-refractivity contribution in [3.8, 4) is 11.3 Å². The van der Waals surface area contributed by atoms with Crippen LogP contribution in [0.4, 0.5) is 5.69 Å². The minimum atomic E-state index is -3.55. The number of fused-ring (bicyclic) bond motifs is 1. The van der Waals surface area contributed by atoms with Gasteiger partial charge in [0.1, 0.15) is 0 Å². The van der Waals surface area contributed by atoms with Crippen molar-refractivity contribution < 1.29 is 13.2 Å². The van der Waals surface area contributed by atoms with E-state index in [0.717, 1.165) is 5.56 Å². The van der Waals surface area contributed by atoms with Crippen molar-refractivity contribution in [3.05, 3.63) is 89.4 Å². The first kappa shape index (κ1) is 21.0. The summed E-state index contributed by atoms with van der Waals surface area (Å²) in [6.07, 6.45) is 0. The van der Waals surface area contributed by atoms with E-state index in [1.54, 1.807) is 24.3 Å². The number of aromatic nitrogens is 1. The average molecular weight is 452 g/mol. The fraction of sp³-hybridized carbons (Fsp3) is 0.0435. The zero-order valence-electron chi connectivity index (χ0n) is 16.5. The van der Waals surface area contributed by atoms with E-state index >= 15 is 0 Å². The van der Waals surface area contributed by atoms with Crippen LogP contribution in [-0.4, -0.2) is 26.4 Å². The van der Waals surface area contributed by atoms with Gasteiger partial charge in [-0.2, -0.15) is 0 Å². The highest BCUT2D eigenvalue weighted by Crippen LogP contribution is 2.30. The molecule has 0 fully saturated rings. The van der Waals surface area contributed by atoms with Gasteiger partial charge in [0, 0.05) is 21.7 Å². The summed E-state index contributed by atoms with van der Waals surface area (Å²) in [7, 11) is -2.20. The highest BCUT2D eigenvalue weighted by molar-refractivity contribution is 7.89. The van der Waals surface area contributed by atoms with Gasteiger partial charge in [0.2, 0.25) is 10.0 Å². The zero-order chi connectivity index (χ0) is 22.0. The van der Waals surface area contributed by atoms with Crippen LogP contribution in [0.3, 0.4) is 0 Å². The highest BCUT2D eigenvalue weighted by atomic mass is 35.5. The second-order valence-electron chi connectivity index (χ2n) is 6.74. The molecule has 0 atom stereocenters. The van der Waals surface area contributed by atoms with E-state index in [-0.39, 0.29) is 10.8 Å². The van der Waals surface area contributed by atoms with E-state index in [9.17, 15) is 13.2 Å². The lowest BCUT2D eigenvalue weighted by atomic mass is 10.0. The van der Waals surface area contributed by atoms with E-state index in [0.29, 0.717) is 32.9 Å². The van der Waals surface area contributed by atoms with Crippen molar-refractivity contribution in [1.29, 1.82) is 0 Å². The average Bonchev–Trinajstić information content (AvgIpc) is 2.79. The molecule has 1 aromatic heterocycles. The molecule has 0 saturated heterocycles. The number of hydrogen-bond donors (Lipinski definition) is 2. The molecule has 4 aromatic rings. The normalized spacial score (nSPS) is 11.4. The van der Waals surface area contributed by atoms with E-state index in [4.69, 9.17) is 11.6 Å². The van der Waals surface area contributed by atoms with Gasteiger partial charge in [-0.3, -0.25) is 4.79 Å². The van der Waals surface area contributed by atoms with Gasteiger partial charge >= 0.3 is 0 Å². The molecule has 0 radical (unpaired) electrons. The number of sulfonamides is 1. The van der Waals surface area contributed by atoms with Crippen molar-refractivity contribution in [3.63, 3.8) is 0 Å². The van der Waals surface area contributed by atoms with Gasteiger partial charge in [0.05, 0.1) is 21.7 Å². The molecule has 0 aliphatic heterocycles. The zero-order valence-corrected chi connectivity index (χ0v) is 18.0. The maximum absolute atomic E-state index is 13.1. The molecular formula is C23H18ClN3O3S. The summed E-state index contributed by atoms with van der Waals surface area (Å²) in [5.74, 6) is -0.337. The van der Waals surface area contributed by atoms with E-state index < -0.39 is 10.0 Å². The maximum atomic E-state index is 13.1. The fourth-order valence-electron chi connectivity index (χ4n) is 3.20. The lowest BCUT2D eigenvalue weighted by Gasteiger charge is -2.12. The number of pyridine rings is 1. The van der Waals surface area contributed by atoms with Gasteiger partial charge in [-0.15, -0.1) is 0 Å². The Morgan fingerprint density at radius 2 is 1.61 bits per heavy atom. The third-order valence-electron chi connectivity index (χ3n) is 4.80. The SMILES string of the molecule is CNS(=O)(=O)c1ccc(NC(=O)c2cc(-c3ccccc3Cl)nc3ccccc23)cc1. The largest absolute Gasteiger partial charge is 0.322 e. The molecule has 4 rings (SSSR count). The Kier molecular flexibility index (Phi) is 5.73. The van der Waals surface area contributed by atoms with E-state index in [1.807, 2.05) is 42.5 Å². The Morgan fingerprint density at radius 3 is 2.32 bits per heavy atom. The predicted octanol–water partition coefficient (Wildman–Crippen LogP) is 4.72. The maximum Gasteiger partial charge on any atom is 0.256 e. The van der Waals surface area contributed by atoms with Crippen LogP contribution in [0.5, 0.6) is 0 Å². The number of nitrogens with zero attached hydrogens (tertiary/aromatic N) is 1. The fourth-order valence-corrected chi connectivity index (χ4v) is 4.17. The van der Waals surface area contributed by atoms with Gasteiger partial charge in [-0.25, -0.2) is 18.1 Å². The molecule has 6 nitrogen and oxygen atoms in total. The van der Waals surface area contributed by atoms with Crippen molar-refractivity contribution in [2.45, 2.75) is 4.90 Å². The molecule has 0 aliphatic rings. The smallest absolute Gasteiger partial charge is 0.256 e. The van der Waals surface area contributed by atoms with Crippen molar-refractivity contribution in [2.24, 2.45) is 0 Å².